The summed E-state index contributed by atoms with van der Waals surface area (Å²) in [5.74, 6) is 1.13. The number of ether oxygens (including phenoxy) is 1. The number of fused-ring (bicyclic) bond motifs is 1. The zero-order chi connectivity index (χ0) is 18.0. The number of carbonyl (C=O) groups is 1. The molecule has 0 spiro atoms. The molecule has 0 unspecified atom stereocenters. The van der Waals surface area contributed by atoms with Gasteiger partial charge < -0.3 is 14.1 Å². The van der Waals surface area contributed by atoms with Crippen LogP contribution in [0.15, 0.2) is 57.6 Å². The van der Waals surface area contributed by atoms with Crippen LogP contribution in [0.5, 0.6) is 5.75 Å². The fourth-order valence-electron chi connectivity index (χ4n) is 2.54. The summed E-state index contributed by atoms with van der Waals surface area (Å²) in [5, 5.41) is 0.741. The Morgan fingerprint density at radius 3 is 2.52 bits per heavy atom. The lowest BCUT2D eigenvalue weighted by Gasteiger charge is -2.04. The van der Waals surface area contributed by atoms with Crippen LogP contribution >= 0.6 is 15.9 Å². The third-order valence-electron chi connectivity index (χ3n) is 3.78. The van der Waals surface area contributed by atoms with E-state index in [1.807, 2.05) is 55.5 Å². The van der Waals surface area contributed by atoms with Crippen LogP contribution in [0.1, 0.15) is 21.7 Å². The van der Waals surface area contributed by atoms with Crippen molar-refractivity contribution < 1.29 is 13.9 Å². The highest BCUT2D eigenvalue weighted by atomic mass is 79.9. The van der Waals surface area contributed by atoms with Crippen molar-refractivity contribution in [3.63, 3.8) is 0 Å². The smallest absolute Gasteiger partial charge is 0.197 e. The predicted molar refractivity (Wildman–Crippen MR) is 103 cm³/mol. The summed E-state index contributed by atoms with van der Waals surface area (Å²) in [6.07, 6.45) is 3.66. The largest absolute Gasteiger partial charge is 0.497 e. The van der Waals surface area contributed by atoms with E-state index in [4.69, 9.17) is 9.15 Å². The predicted octanol–water partition coefficient (Wildman–Crippen LogP) is 4.97. The quantitative estimate of drug-likeness (QED) is 0.568. The molecule has 2 aromatic carbocycles. The highest BCUT2D eigenvalue weighted by Gasteiger charge is 2.21. The molecule has 0 bridgehead atoms. The second-order valence-electron chi connectivity index (χ2n) is 5.82. The molecule has 4 nitrogen and oxygen atoms in total. The number of ketones is 1. The van der Waals surface area contributed by atoms with Crippen molar-refractivity contribution in [2.45, 2.75) is 0 Å². The van der Waals surface area contributed by atoms with Crippen LogP contribution in [-0.2, 0) is 0 Å². The average molecular weight is 400 g/mol. The van der Waals surface area contributed by atoms with Gasteiger partial charge in [0.2, 0.25) is 0 Å². The molecule has 1 aromatic heterocycles. The Kier molecular flexibility index (Phi) is 4.95. The van der Waals surface area contributed by atoms with Gasteiger partial charge >= 0.3 is 0 Å². The fraction of sp³-hybridized carbons (Fsp3) is 0.150. The van der Waals surface area contributed by atoms with Gasteiger partial charge in [0.15, 0.2) is 5.78 Å². The van der Waals surface area contributed by atoms with E-state index >= 15 is 0 Å². The highest BCUT2D eigenvalue weighted by Crippen LogP contribution is 2.32. The van der Waals surface area contributed by atoms with Gasteiger partial charge in [0.1, 0.15) is 17.1 Å². The third-order valence-corrected chi connectivity index (χ3v) is 4.31. The first-order chi connectivity index (χ1) is 12.0. The molecule has 0 aliphatic rings. The summed E-state index contributed by atoms with van der Waals surface area (Å²) in [5.41, 5.74) is 1.79. The number of carbonyl (C=O) groups excluding carboxylic acids is 1. The lowest BCUT2D eigenvalue weighted by molar-refractivity contribution is 0.103. The first kappa shape index (κ1) is 17.3. The van der Waals surface area contributed by atoms with Crippen molar-refractivity contribution in [2.24, 2.45) is 0 Å². The maximum atomic E-state index is 13.1. The van der Waals surface area contributed by atoms with E-state index in [1.54, 1.807) is 25.3 Å². The molecule has 0 amide bonds. The molecule has 0 aliphatic heterocycles. The minimum Gasteiger partial charge on any atom is -0.497 e. The minimum absolute atomic E-state index is 0.0853. The van der Waals surface area contributed by atoms with Gasteiger partial charge in [0.05, 0.1) is 12.7 Å². The SMILES string of the molecule is COc1ccc2oc(C=CN(C)C)c(C(=O)c3ccc(Br)cc3)c2c1. The summed E-state index contributed by atoms with van der Waals surface area (Å²) in [6, 6.07) is 12.8. The molecular formula is C20H18BrNO3. The minimum atomic E-state index is -0.0853. The second kappa shape index (κ2) is 7.15. The summed E-state index contributed by atoms with van der Waals surface area (Å²) in [7, 11) is 5.43. The molecule has 0 atom stereocenters. The third kappa shape index (κ3) is 3.61. The molecule has 5 heteroatoms. The van der Waals surface area contributed by atoms with Gasteiger partial charge in [0, 0.05) is 35.7 Å². The first-order valence-corrected chi connectivity index (χ1v) is 8.54. The molecule has 3 aromatic rings. The van der Waals surface area contributed by atoms with Crippen LogP contribution in [0.25, 0.3) is 17.0 Å². The Bertz CT molecular complexity index is 939. The highest BCUT2D eigenvalue weighted by molar-refractivity contribution is 9.10. The van der Waals surface area contributed by atoms with Gasteiger partial charge in [-0.05, 0) is 48.5 Å². The topological polar surface area (TPSA) is 42.7 Å². The molecular weight excluding hydrogens is 382 g/mol. The maximum Gasteiger partial charge on any atom is 0.197 e. The van der Waals surface area contributed by atoms with Crippen LogP contribution in [0, 0.1) is 0 Å². The molecule has 0 saturated heterocycles. The monoisotopic (exact) mass is 399 g/mol. The van der Waals surface area contributed by atoms with Crippen molar-refractivity contribution in [3.05, 3.63) is 70.0 Å². The maximum absolute atomic E-state index is 13.1. The van der Waals surface area contributed by atoms with E-state index in [1.165, 1.54) is 0 Å². The number of rotatable bonds is 5. The van der Waals surface area contributed by atoms with Crippen LogP contribution < -0.4 is 4.74 Å². The average Bonchev–Trinajstić information content (AvgIpc) is 2.97. The van der Waals surface area contributed by atoms with Crippen LogP contribution in [0.2, 0.25) is 0 Å². The van der Waals surface area contributed by atoms with Crippen molar-refractivity contribution in [3.8, 4) is 5.75 Å². The molecule has 0 radical (unpaired) electrons. The van der Waals surface area contributed by atoms with E-state index in [-0.39, 0.29) is 5.78 Å². The van der Waals surface area contributed by atoms with Crippen LogP contribution in [-0.4, -0.2) is 31.9 Å². The second-order valence-corrected chi connectivity index (χ2v) is 6.73. The summed E-state index contributed by atoms with van der Waals surface area (Å²) in [6.45, 7) is 0. The lowest BCUT2D eigenvalue weighted by Crippen LogP contribution is -2.03. The summed E-state index contributed by atoms with van der Waals surface area (Å²) < 4.78 is 12.1. The number of benzene rings is 2. The van der Waals surface area contributed by atoms with Gasteiger partial charge in [-0.15, -0.1) is 0 Å². The van der Waals surface area contributed by atoms with Gasteiger partial charge in [-0.1, -0.05) is 15.9 Å². The molecule has 0 fully saturated rings. The number of hydrogen-bond donors (Lipinski definition) is 0. The standard InChI is InChI=1S/C20H18BrNO3/c1-22(2)11-10-18-19(20(23)13-4-6-14(21)7-5-13)16-12-15(24-3)8-9-17(16)25-18/h4-12H,1-3H3. The lowest BCUT2D eigenvalue weighted by atomic mass is 10.00. The first-order valence-electron chi connectivity index (χ1n) is 7.75. The van der Waals surface area contributed by atoms with Gasteiger partial charge in [0.25, 0.3) is 0 Å². The van der Waals surface area contributed by atoms with Crippen molar-refractivity contribution in [1.29, 1.82) is 0 Å². The molecule has 0 aliphatic carbocycles. The van der Waals surface area contributed by atoms with Gasteiger partial charge in [-0.2, -0.15) is 0 Å². The van der Waals surface area contributed by atoms with E-state index in [9.17, 15) is 4.79 Å². The zero-order valence-corrected chi connectivity index (χ0v) is 15.8. The van der Waals surface area contributed by atoms with E-state index < -0.39 is 0 Å². The number of furan rings is 1. The number of hydrogen-bond acceptors (Lipinski definition) is 4. The number of nitrogens with zero attached hydrogens (tertiary/aromatic N) is 1. The molecule has 0 saturated carbocycles. The molecule has 1 heterocycles. The van der Waals surface area contributed by atoms with Gasteiger partial charge in [-0.3, -0.25) is 4.79 Å². The molecule has 25 heavy (non-hydrogen) atoms. The Hall–Kier alpha value is -2.53. The Morgan fingerprint density at radius 2 is 1.88 bits per heavy atom. The fourth-order valence-corrected chi connectivity index (χ4v) is 2.80. The van der Waals surface area contributed by atoms with E-state index in [0.29, 0.717) is 28.2 Å². The van der Waals surface area contributed by atoms with Crippen LogP contribution in [0.4, 0.5) is 0 Å². The summed E-state index contributed by atoms with van der Waals surface area (Å²) in [4.78, 5) is 15.0. The molecule has 128 valence electrons. The van der Waals surface area contributed by atoms with Crippen molar-refractivity contribution in [2.75, 3.05) is 21.2 Å². The van der Waals surface area contributed by atoms with Crippen LogP contribution in [0.3, 0.4) is 0 Å². The Balaban J connectivity index is 2.19. The van der Waals surface area contributed by atoms with E-state index in [0.717, 1.165) is 9.86 Å². The molecule has 3 rings (SSSR count). The number of methoxy groups -OCH3 is 1. The normalized spacial score (nSPS) is 11.2. The number of halogens is 1. The van der Waals surface area contributed by atoms with Crippen molar-refractivity contribution >= 4 is 38.8 Å². The van der Waals surface area contributed by atoms with E-state index in [2.05, 4.69) is 15.9 Å². The zero-order valence-electron chi connectivity index (χ0n) is 14.2. The Morgan fingerprint density at radius 1 is 1.16 bits per heavy atom. The Labute approximate surface area is 154 Å². The van der Waals surface area contributed by atoms with Crippen molar-refractivity contribution in [1.82, 2.24) is 4.90 Å². The summed E-state index contributed by atoms with van der Waals surface area (Å²) >= 11 is 3.39. The molecule has 0 N–H and O–H groups in total. The van der Waals surface area contributed by atoms with Gasteiger partial charge in [-0.25, -0.2) is 0 Å².